The maximum atomic E-state index is 12.7. The van der Waals surface area contributed by atoms with Crippen molar-refractivity contribution in [3.05, 3.63) is 0 Å². The minimum absolute atomic E-state index is 0.236. The molecule has 0 aromatic rings. The summed E-state index contributed by atoms with van der Waals surface area (Å²) in [5.74, 6) is -1.82. The molecule has 22 heavy (non-hydrogen) atoms. The van der Waals surface area contributed by atoms with E-state index in [1.807, 2.05) is 13.8 Å². The van der Waals surface area contributed by atoms with Crippen molar-refractivity contribution in [3.63, 3.8) is 0 Å². The van der Waals surface area contributed by atoms with E-state index in [1.54, 1.807) is 0 Å². The first-order valence-electron chi connectivity index (χ1n) is 8.22. The largest absolute Gasteiger partial charge is 0.389 e. The van der Waals surface area contributed by atoms with Crippen LogP contribution >= 0.6 is 0 Å². The van der Waals surface area contributed by atoms with Crippen LogP contribution in [0.2, 0.25) is 0 Å². The fraction of sp³-hybridized carbons (Fsp3) is 1.00. The van der Waals surface area contributed by atoms with E-state index in [4.69, 9.17) is 0 Å². The van der Waals surface area contributed by atoms with E-state index >= 15 is 0 Å². The van der Waals surface area contributed by atoms with Crippen molar-refractivity contribution < 1.29 is 26.3 Å². The Balaban J connectivity index is 4.87. The Bertz CT molecular complexity index is 241. The molecule has 0 nitrogen and oxygen atoms in total. The highest BCUT2D eigenvalue weighted by Gasteiger charge is 2.40. The van der Waals surface area contributed by atoms with Crippen LogP contribution in [0.4, 0.5) is 26.3 Å². The summed E-state index contributed by atoms with van der Waals surface area (Å²) < 4.78 is 76.3. The fourth-order valence-corrected chi connectivity index (χ4v) is 2.92. The third-order valence-corrected chi connectivity index (χ3v) is 4.01. The smallest absolute Gasteiger partial charge is 0.171 e. The molecular weight excluding hydrogens is 306 g/mol. The van der Waals surface area contributed by atoms with Crippen molar-refractivity contribution in [2.24, 2.45) is 11.8 Å². The average Bonchev–Trinajstić information content (AvgIpc) is 2.34. The normalized spacial score (nSPS) is 15.8. The van der Waals surface area contributed by atoms with Crippen LogP contribution < -0.4 is 0 Å². The van der Waals surface area contributed by atoms with Gasteiger partial charge in [-0.1, -0.05) is 52.4 Å². The average molecular weight is 334 g/mol. The summed E-state index contributed by atoms with van der Waals surface area (Å²) in [6.45, 7) is 3.85. The van der Waals surface area contributed by atoms with E-state index < -0.39 is 37.0 Å². The van der Waals surface area contributed by atoms with Crippen LogP contribution in [0, 0.1) is 11.8 Å². The molecule has 0 bridgehead atoms. The lowest BCUT2D eigenvalue weighted by Crippen LogP contribution is -2.27. The number of halogens is 6. The highest BCUT2D eigenvalue weighted by Crippen LogP contribution is 2.40. The molecule has 2 atom stereocenters. The monoisotopic (exact) mass is 334 g/mol. The Morgan fingerprint density at radius 2 is 0.909 bits per heavy atom. The number of unbranched alkanes of at least 4 members (excludes halogenated alkanes) is 4. The minimum Gasteiger partial charge on any atom is -0.171 e. The molecule has 0 N–H and O–H groups in total. The summed E-state index contributed by atoms with van der Waals surface area (Å²) in [6.07, 6.45) is -6.15. The standard InChI is InChI=1S/C16H28F6/c1-3-5-7-9-13(11-15(17,18)19)14(10-8-6-4-2)12-16(20,21)22/h13-14H,3-12H2,1-2H3. The van der Waals surface area contributed by atoms with Crippen LogP contribution in [0.25, 0.3) is 0 Å². The van der Waals surface area contributed by atoms with E-state index in [-0.39, 0.29) is 12.8 Å². The molecule has 0 aliphatic rings. The molecule has 0 amide bonds. The van der Waals surface area contributed by atoms with Gasteiger partial charge in [-0.05, 0) is 24.7 Å². The van der Waals surface area contributed by atoms with Gasteiger partial charge in [0.25, 0.3) is 0 Å². The highest BCUT2D eigenvalue weighted by atomic mass is 19.4. The summed E-state index contributed by atoms with van der Waals surface area (Å²) in [5.41, 5.74) is 0. The highest BCUT2D eigenvalue weighted by molar-refractivity contribution is 4.76. The third-order valence-electron chi connectivity index (χ3n) is 4.01. The van der Waals surface area contributed by atoms with Gasteiger partial charge in [0.15, 0.2) is 0 Å². The van der Waals surface area contributed by atoms with Gasteiger partial charge in [-0.2, -0.15) is 26.3 Å². The Labute approximate surface area is 129 Å². The summed E-state index contributed by atoms with van der Waals surface area (Å²) in [4.78, 5) is 0. The lowest BCUT2D eigenvalue weighted by atomic mass is 9.79. The first-order chi connectivity index (χ1) is 10.1. The van der Waals surface area contributed by atoms with Crippen LogP contribution in [-0.4, -0.2) is 12.4 Å². The minimum atomic E-state index is -4.40. The molecule has 0 heterocycles. The van der Waals surface area contributed by atoms with Gasteiger partial charge in [0, 0.05) is 12.8 Å². The molecule has 0 fully saturated rings. The van der Waals surface area contributed by atoms with Gasteiger partial charge in [0.1, 0.15) is 0 Å². The molecule has 0 aromatic carbocycles. The molecular formula is C16H28F6. The summed E-state index contributed by atoms with van der Waals surface area (Å²) >= 11 is 0. The predicted octanol–water partition coefficient (Wildman–Crippen LogP) is 7.28. The molecule has 0 rings (SSSR count). The molecule has 0 aromatic heterocycles. The SMILES string of the molecule is CCCCCC(CC(F)(F)F)C(CCCCC)CC(F)(F)F. The van der Waals surface area contributed by atoms with Gasteiger partial charge in [-0.25, -0.2) is 0 Å². The lowest BCUT2D eigenvalue weighted by Gasteiger charge is -2.29. The second-order valence-corrected chi connectivity index (χ2v) is 6.15. The summed E-state index contributed by atoms with van der Waals surface area (Å²) in [6, 6.07) is 0. The lowest BCUT2D eigenvalue weighted by molar-refractivity contribution is -0.169. The molecule has 0 saturated carbocycles. The van der Waals surface area contributed by atoms with Crippen molar-refractivity contribution in [2.45, 2.75) is 90.4 Å². The van der Waals surface area contributed by atoms with E-state index in [1.165, 1.54) is 0 Å². The first-order valence-corrected chi connectivity index (χ1v) is 8.22. The number of hydrogen-bond acceptors (Lipinski definition) is 0. The van der Waals surface area contributed by atoms with Gasteiger partial charge in [0.2, 0.25) is 0 Å². The Kier molecular flexibility index (Phi) is 10.2. The second kappa shape index (κ2) is 10.4. The molecule has 0 radical (unpaired) electrons. The van der Waals surface area contributed by atoms with Gasteiger partial charge < -0.3 is 0 Å². The predicted molar refractivity (Wildman–Crippen MR) is 76.6 cm³/mol. The molecule has 134 valence electrons. The number of alkyl halides is 6. The zero-order valence-electron chi connectivity index (χ0n) is 13.5. The van der Waals surface area contributed by atoms with Crippen molar-refractivity contribution >= 4 is 0 Å². The van der Waals surface area contributed by atoms with Crippen LogP contribution in [0.1, 0.15) is 78.1 Å². The van der Waals surface area contributed by atoms with E-state index in [9.17, 15) is 26.3 Å². The fourth-order valence-electron chi connectivity index (χ4n) is 2.92. The maximum Gasteiger partial charge on any atom is 0.389 e. The molecule has 0 aliphatic heterocycles. The van der Waals surface area contributed by atoms with Gasteiger partial charge in [-0.3, -0.25) is 0 Å². The van der Waals surface area contributed by atoms with Crippen LogP contribution in [0.3, 0.4) is 0 Å². The van der Waals surface area contributed by atoms with Crippen molar-refractivity contribution in [2.75, 3.05) is 0 Å². The summed E-state index contributed by atoms with van der Waals surface area (Å²) in [5, 5.41) is 0. The van der Waals surface area contributed by atoms with Crippen LogP contribution in [0.5, 0.6) is 0 Å². The molecule has 0 aliphatic carbocycles. The zero-order chi connectivity index (χ0) is 17.2. The van der Waals surface area contributed by atoms with Crippen molar-refractivity contribution in [1.29, 1.82) is 0 Å². The zero-order valence-corrected chi connectivity index (χ0v) is 13.5. The molecule has 0 saturated heterocycles. The molecule has 0 spiro atoms. The van der Waals surface area contributed by atoms with Crippen LogP contribution in [0.15, 0.2) is 0 Å². The topological polar surface area (TPSA) is 0 Å². The Morgan fingerprint density at radius 1 is 0.591 bits per heavy atom. The van der Waals surface area contributed by atoms with E-state index in [0.717, 1.165) is 25.7 Å². The van der Waals surface area contributed by atoms with Gasteiger partial charge >= 0.3 is 12.4 Å². The Hall–Kier alpha value is -0.420. The first kappa shape index (κ1) is 21.6. The van der Waals surface area contributed by atoms with Crippen molar-refractivity contribution in [3.8, 4) is 0 Å². The quantitative estimate of drug-likeness (QED) is 0.275. The third kappa shape index (κ3) is 12.2. The number of rotatable bonds is 11. The van der Waals surface area contributed by atoms with Gasteiger partial charge in [0.05, 0.1) is 0 Å². The van der Waals surface area contributed by atoms with Crippen molar-refractivity contribution in [1.82, 2.24) is 0 Å². The van der Waals surface area contributed by atoms with Gasteiger partial charge in [-0.15, -0.1) is 0 Å². The summed E-state index contributed by atoms with van der Waals surface area (Å²) in [7, 11) is 0. The number of hydrogen-bond donors (Lipinski definition) is 0. The Morgan fingerprint density at radius 3 is 1.14 bits per heavy atom. The van der Waals surface area contributed by atoms with E-state index in [2.05, 4.69) is 0 Å². The molecule has 6 heteroatoms. The second-order valence-electron chi connectivity index (χ2n) is 6.15. The van der Waals surface area contributed by atoms with Crippen LogP contribution in [-0.2, 0) is 0 Å². The van der Waals surface area contributed by atoms with E-state index in [0.29, 0.717) is 12.8 Å². The maximum absolute atomic E-state index is 12.7. The molecule has 2 unspecified atom stereocenters.